The Kier molecular flexibility index (Phi) is 5.14. The Hall–Kier alpha value is -1.64. The van der Waals surface area contributed by atoms with E-state index in [2.05, 4.69) is 15.0 Å². The van der Waals surface area contributed by atoms with Crippen LogP contribution >= 0.6 is 11.6 Å². The van der Waals surface area contributed by atoms with Crippen LogP contribution in [0, 0.1) is 0 Å². The van der Waals surface area contributed by atoms with E-state index >= 15 is 0 Å². The van der Waals surface area contributed by atoms with Crippen molar-refractivity contribution in [3.63, 3.8) is 0 Å². The van der Waals surface area contributed by atoms with Crippen LogP contribution in [0.1, 0.15) is 0 Å². The molecule has 124 valence electrons. The topological polar surface area (TPSA) is 60.4 Å². The van der Waals surface area contributed by atoms with Gasteiger partial charge in [-0.2, -0.15) is 4.98 Å². The van der Waals surface area contributed by atoms with Gasteiger partial charge in [0.05, 0.1) is 18.7 Å². The van der Waals surface area contributed by atoms with E-state index in [1.165, 1.54) is 6.20 Å². The quantitative estimate of drug-likeness (QED) is 0.773. The maximum Gasteiger partial charge on any atom is 0.251 e. The summed E-state index contributed by atoms with van der Waals surface area (Å²) < 4.78 is 36.1. The number of ether oxygens (including phenoxy) is 2. The van der Waals surface area contributed by atoms with Gasteiger partial charge in [-0.15, -0.1) is 0 Å². The number of nitrogens with zero attached hydrogens (tertiary/aromatic N) is 4. The van der Waals surface area contributed by atoms with Gasteiger partial charge in [0, 0.05) is 31.5 Å². The highest BCUT2D eigenvalue weighted by Gasteiger charge is 2.23. The van der Waals surface area contributed by atoms with Gasteiger partial charge in [-0.1, -0.05) is 11.6 Å². The molecule has 1 saturated heterocycles. The predicted molar refractivity (Wildman–Crippen MR) is 80.0 cm³/mol. The van der Waals surface area contributed by atoms with Gasteiger partial charge in [0.15, 0.2) is 5.52 Å². The number of fused-ring (bicyclic) bond motifs is 1. The second kappa shape index (κ2) is 7.29. The Morgan fingerprint density at radius 2 is 2.22 bits per heavy atom. The summed E-state index contributed by atoms with van der Waals surface area (Å²) in [5, 5.41) is 0.247. The van der Waals surface area contributed by atoms with E-state index in [0.29, 0.717) is 30.7 Å². The van der Waals surface area contributed by atoms with Crippen LogP contribution in [-0.4, -0.2) is 65.2 Å². The summed E-state index contributed by atoms with van der Waals surface area (Å²) in [7, 11) is 0. The number of hydrogen-bond acceptors (Lipinski definition) is 6. The number of morpholine rings is 1. The average Bonchev–Trinajstić information content (AvgIpc) is 2.52. The molecular weight excluding hydrogens is 330 g/mol. The molecule has 1 aliphatic rings. The van der Waals surface area contributed by atoms with Crippen LogP contribution in [0.2, 0.25) is 5.15 Å². The Labute approximate surface area is 136 Å². The number of alkyl halides is 2. The molecule has 1 fully saturated rings. The highest BCUT2D eigenvalue weighted by Crippen LogP contribution is 2.23. The molecule has 2 aromatic heterocycles. The maximum absolute atomic E-state index is 12.5. The first-order valence-corrected chi connectivity index (χ1v) is 7.52. The van der Waals surface area contributed by atoms with Crippen LogP contribution in [0.4, 0.5) is 8.78 Å². The van der Waals surface area contributed by atoms with Crippen molar-refractivity contribution in [2.75, 3.05) is 32.8 Å². The van der Waals surface area contributed by atoms with Crippen molar-refractivity contribution >= 4 is 22.6 Å². The Morgan fingerprint density at radius 3 is 3.04 bits per heavy atom. The monoisotopic (exact) mass is 344 g/mol. The van der Waals surface area contributed by atoms with Gasteiger partial charge in [0.1, 0.15) is 17.9 Å². The molecule has 0 amide bonds. The molecule has 6 nitrogen and oxygen atoms in total. The highest BCUT2D eigenvalue weighted by atomic mass is 35.5. The van der Waals surface area contributed by atoms with E-state index < -0.39 is 6.43 Å². The molecule has 3 rings (SSSR count). The van der Waals surface area contributed by atoms with Crippen molar-refractivity contribution in [2.24, 2.45) is 0 Å². The van der Waals surface area contributed by atoms with E-state index in [1.54, 1.807) is 17.2 Å². The first-order valence-electron chi connectivity index (χ1n) is 7.14. The summed E-state index contributed by atoms with van der Waals surface area (Å²) in [6, 6.07) is 1.60. The van der Waals surface area contributed by atoms with Gasteiger partial charge < -0.3 is 9.47 Å². The standard InChI is InChI=1S/C14H15ClF2N4O2/c15-11-5-10-13(19-2-1-18-10)14(20-11)23-8-9-6-21(3-4-22-9)7-12(16)17/h1-2,5,9,12H,3-4,6-8H2/t9-/m0/s1. The summed E-state index contributed by atoms with van der Waals surface area (Å²) in [6.45, 7) is 1.19. The number of aromatic nitrogens is 3. The zero-order valence-corrected chi connectivity index (χ0v) is 12.9. The Balaban J connectivity index is 1.66. The lowest BCUT2D eigenvalue weighted by atomic mass is 10.3. The first-order chi connectivity index (χ1) is 11.1. The smallest absolute Gasteiger partial charge is 0.251 e. The van der Waals surface area contributed by atoms with Gasteiger partial charge in [-0.05, 0) is 0 Å². The maximum atomic E-state index is 12.5. The zero-order valence-electron chi connectivity index (χ0n) is 12.2. The van der Waals surface area contributed by atoms with E-state index in [9.17, 15) is 8.78 Å². The largest absolute Gasteiger partial charge is 0.473 e. The van der Waals surface area contributed by atoms with Gasteiger partial charge in [-0.3, -0.25) is 9.88 Å². The molecular formula is C14H15ClF2N4O2. The van der Waals surface area contributed by atoms with Crippen LogP contribution in [0.3, 0.4) is 0 Å². The molecule has 0 aromatic carbocycles. The van der Waals surface area contributed by atoms with Crippen molar-refractivity contribution in [1.82, 2.24) is 19.9 Å². The van der Waals surface area contributed by atoms with Crippen LogP contribution < -0.4 is 4.74 Å². The second-order valence-electron chi connectivity index (χ2n) is 5.13. The number of pyridine rings is 1. The Morgan fingerprint density at radius 1 is 1.39 bits per heavy atom. The third-order valence-corrected chi connectivity index (χ3v) is 3.61. The molecule has 1 atom stereocenters. The molecule has 0 unspecified atom stereocenters. The van der Waals surface area contributed by atoms with Gasteiger partial charge in [-0.25, -0.2) is 13.8 Å². The minimum Gasteiger partial charge on any atom is -0.473 e. The van der Waals surface area contributed by atoms with E-state index in [-0.39, 0.29) is 30.3 Å². The summed E-state index contributed by atoms with van der Waals surface area (Å²) >= 11 is 5.94. The minimum atomic E-state index is -2.36. The van der Waals surface area contributed by atoms with Crippen LogP contribution in [0.5, 0.6) is 5.88 Å². The second-order valence-corrected chi connectivity index (χ2v) is 5.52. The third-order valence-electron chi connectivity index (χ3n) is 3.42. The molecule has 9 heteroatoms. The van der Waals surface area contributed by atoms with Crippen molar-refractivity contribution in [2.45, 2.75) is 12.5 Å². The summed E-state index contributed by atoms with van der Waals surface area (Å²) in [4.78, 5) is 14.1. The number of rotatable bonds is 5. The fourth-order valence-corrected chi connectivity index (χ4v) is 2.61. The lowest BCUT2D eigenvalue weighted by Gasteiger charge is -2.32. The molecule has 2 aromatic rings. The molecule has 1 aliphatic heterocycles. The van der Waals surface area contributed by atoms with Crippen molar-refractivity contribution < 1.29 is 18.3 Å². The first kappa shape index (κ1) is 16.2. The third kappa shape index (κ3) is 4.21. The van der Waals surface area contributed by atoms with E-state index in [0.717, 1.165) is 0 Å². The molecule has 0 radical (unpaired) electrons. The fraction of sp³-hybridized carbons (Fsp3) is 0.500. The highest BCUT2D eigenvalue weighted by molar-refractivity contribution is 6.30. The van der Waals surface area contributed by atoms with E-state index in [4.69, 9.17) is 21.1 Å². The van der Waals surface area contributed by atoms with Gasteiger partial charge >= 0.3 is 0 Å². The molecule has 0 N–H and O–H groups in total. The normalized spacial score (nSPS) is 19.4. The summed E-state index contributed by atoms with van der Waals surface area (Å²) in [5.41, 5.74) is 1.07. The van der Waals surface area contributed by atoms with Crippen LogP contribution in [0.15, 0.2) is 18.5 Å². The van der Waals surface area contributed by atoms with Crippen LogP contribution in [-0.2, 0) is 4.74 Å². The summed E-state index contributed by atoms with van der Waals surface area (Å²) in [5.74, 6) is 0.259. The SMILES string of the molecule is FC(F)CN1CCO[C@H](COc2nc(Cl)cc3nccnc23)C1. The fourth-order valence-electron chi connectivity index (χ4n) is 2.43. The lowest BCUT2D eigenvalue weighted by molar-refractivity contribution is -0.0608. The number of hydrogen-bond donors (Lipinski definition) is 0. The van der Waals surface area contributed by atoms with Crippen LogP contribution in [0.25, 0.3) is 11.0 Å². The Bertz CT molecular complexity index is 676. The molecule has 23 heavy (non-hydrogen) atoms. The lowest BCUT2D eigenvalue weighted by Crippen LogP contribution is -2.46. The van der Waals surface area contributed by atoms with Gasteiger partial charge in [0.25, 0.3) is 6.43 Å². The predicted octanol–water partition coefficient (Wildman–Crippen LogP) is 2.02. The van der Waals surface area contributed by atoms with Crippen molar-refractivity contribution in [3.8, 4) is 5.88 Å². The van der Waals surface area contributed by atoms with E-state index in [1.807, 2.05) is 0 Å². The number of halogens is 3. The molecule has 0 saturated carbocycles. The molecule has 3 heterocycles. The molecule has 0 aliphatic carbocycles. The minimum absolute atomic E-state index is 0.179. The average molecular weight is 345 g/mol. The molecule has 0 spiro atoms. The van der Waals surface area contributed by atoms with Gasteiger partial charge in [0.2, 0.25) is 5.88 Å². The van der Waals surface area contributed by atoms with Crippen molar-refractivity contribution in [3.05, 3.63) is 23.6 Å². The molecule has 0 bridgehead atoms. The van der Waals surface area contributed by atoms with Crippen molar-refractivity contribution in [1.29, 1.82) is 0 Å². The zero-order chi connectivity index (χ0) is 16.2. The summed E-state index contributed by atoms with van der Waals surface area (Å²) in [6.07, 6.45) is 0.416.